The topological polar surface area (TPSA) is 58.3 Å². The van der Waals surface area contributed by atoms with Gasteiger partial charge in [-0.3, -0.25) is 9.59 Å². The Morgan fingerprint density at radius 1 is 1.17 bits per heavy atom. The molecule has 3 N–H and O–H groups in total. The maximum absolute atomic E-state index is 12.6. The Hall–Kier alpha value is -2.13. The second-order valence-corrected chi connectivity index (χ2v) is 7.66. The largest absolute Gasteiger partial charge is 0.416 e. The normalized spacial score (nSPS) is 16.5. The Bertz CT molecular complexity index is 671. The zero-order valence-corrected chi connectivity index (χ0v) is 17.1. The predicted molar refractivity (Wildman–Crippen MR) is 102 cm³/mol. The number of quaternary nitrogens is 2. The Labute approximate surface area is 169 Å². The molecule has 0 bridgehead atoms. The number of nitrogens with zero attached hydrogens (tertiary/aromatic N) is 1. The number of amides is 2. The molecule has 0 aliphatic carbocycles. The first-order chi connectivity index (χ1) is 13.7. The van der Waals surface area contributed by atoms with E-state index >= 15 is 0 Å². The maximum Gasteiger partial charge on any atom is 0.416 e. The first kappa shape index (κ1) is 23.2. The summed E-state index contributed by atoms with van der Waals surface area (Å²) < 4.78 is 37.9. The van der Waals surface area contributed by atoms with E-state index in [2.05, 4.69) is 5.32 Å². The van der Waals surface area contributed by atoms with Crippen LogP contribution in [0.15, 0.2) is 24.3 Å². The van der Waals surface area contributed by atoms with Crippen LogP contribution in [0.4, 0.5) is 13.2 Å². The quantitative estimate of drug-likeness (QED) is 0.508. The minimum absolute atomic E-state index is 0.0314. The van der Waals surface area contributed by atoms with Crippen LogP contribution in [-0.2, 0) is 22.3 Å². The van der Waals surface area contributed by atoms with Gasteiger partial charge in [0.1, 0.15) is 6.54 Å². The molecule has 6 nitrogen and oxygen atoms in total. The predicted octanol–water partition coefficient (Wildman–Crippen LogP) is -1.03. The monoisotopic (exact) mass is 416 g/mol. The molecule has 1 saturated heterocycles. The molecule has 1 heterocycles. The molecule has 1 aliphatic rings. The molecule has 9 heteroatoms. The van der Waals surface area contributed by atoms with Gasteiger partial charge in [0.05, 0.1) is 38.8 Å². The van der Waals surface area contributed by atoms with E-state index in [1.165, 1.54) is 17.0 Å². The van der Waals surface area contributed by atoms with E-state index in [0.29, 0.717) is 32.7 Å². The highest BCUT2D eigenvalue weighted by Crippen LogP contribution is 2.28. The molecule has 2 amide bonds. The number of piperazine rings is 1. The van der Waals surface area contributed by atoms with Crippen LogP contribution in [0.1, 0.15) is 24.5 Å². The number of carbonyl (C=O) groups excluding carboxylic acids is 2. The van der Waals surface area contributed by atoms with E-state index in [9.17, 15) is 22.8 Å². The van der Waals surface area contributed by atoms with Crippen molar-refractivity contribution in [3.05, 3.63) is 35.4 Å². The van der Waals surface area contributed by atoms with E-state index in [1.54, 1.807) is 0 Å². The number of nitrogens with one attached hydrogen (secondary N) is 3. The van der Waals surface area contributed by atoms with Crippen LogP contribution in [-0.4, -0.2) is 69.6 Å². The average Bonchev–Trinajstić information content (AvgIpc) is 2.66. The summed E-state index contributed by atoms with van der Waals surface area (Å²) in [6, 6.07) is 5.07. The number of hydrogen-bond donors (Lipinski definition) is 3. The molecule has 1 fully saturated rings. The van der Waals surface area contributed by atoms with Crippen molar-refractivity contribution in [3.8, 4) is 0 Å². The van der Waals surface area contributed by atoms with Crippen LogP contribution >= 0.6 is 0 Å². The van der Waals surface area contributed by atoms with Gasteiger partial charge < -0.3 is 20.0 Å². The minimum Gasteiger partial charge on any atom is -0.351 e. The van der Waals surface area contributed by atoms with Crippen LogP contribution in [0.2, 0.25) is 0 Å². The number of benzene rings is 1. The van der Waals surface area contributed by atoms with Crippen molar-refractivity contribution in [1.82, 2.24) is 10.2 Å². The van der Waals surface area contributed by atoms with Crippen molar-refractivity contribution in [2.24, 2.45) is 0 Å². The number of likely N-dealkylation sites (N-methyl/N-ethyl adjacent to an activating group) is 1. The van der Waals surface area contributed by atoms with Crippen molar-refractivity contribution < 1.29 is 32.6 Å². The van der Waals surface area contributed by atoms with Crippen molar-refractivity contribution in [2.45, 2.75) is 26.1 Å². The molecule has 2 rings (SSSR count). The van der Waals surface area contributed by atoms with Gasteiger partial charge in [-0.2, -0.15) is 13.2 Å². The molecule has 162 valence electrons. The molecule has 0 saturated carbocycles. The first-order valence-corrected chi connectivity index (χ1v) is 10.0. The van der Waals surface area contributed by atoms with Crippen LogP contribution in [0, 0.1) is 0 Å². The van der Waals surface area contributed by atoms with Gasteiger partial charge in [0.25, 0.3) is 11.8 Å². The summed E-state index contributed by atoms with van der Waals surface area (Å²) in [4.78, 5) is 28.2. The third kappa shape index (κ3) is 7.66. The Kier molecular flexibility index (Phi) is 8.45. The molecule has 0 radical (unpaired) electrons. The third-order valence-electron chi connectivity index (χ3n) is 5.05. The van der Waals surface area contributed by atoms with E-state index in [4.69, 9.17) is 0 Å². The summed E-state index contributed by atoms with van der Waals surface area (Å²) in [5.41, 5.74) is 0.0920. The standard InChI is InChI=1S/C20H29F3N4O2/c1-3-8-24-18(28)14-26-9-11-27(12-10-26)19(29)15-25(2)13-16-4-6-17(7-5-16)20(21,22)23/h4-7H,3,8-15H2,1-2H3,(H,24,28)/p+2. The number of carbonyl (C=O) groups is 2. The summed E-state index contributed by atoms with van der Waals surface area (Å²) in [7, 11) is 1.86. The van der Waals surface area contributed by atoms with Crippen molar-refractivity contribution in [1.29, 1.82) is 0 Å². The summed E-state index contributed by atoms with van der Waals surface area (Å²) in [5.74, 6) is 0.0752. The van der Waals surface area contributed by atoms with E-state index in [1.807, 2.05) is 18.9 Å². The summed E-state index contributed by atoms with van der Waals surface area (Å²) in [6.07, 6.45) is -3.43. The van der Waals surface area contributed by atoms with E-state index in [-0.39, 0.29) is 18.4 Å². The molecular formula is C20H31F3N4O2+2. The van der Waals surface area contributed by atoms with Gasteiger partial charge in [0, 0.05) is 12.1 Å². The lowest BCUT2D eigenvalue weighted by Gasteiger charge is -2.32. The Morgan fingerprint density at radius 2 is 1.79 bits per heavy atom. The highest BCUT2D eigenvalue weighted by atomic mass is 19.4. The molecule has 1 unspecified atom stereocenters. The fraction of sp³-hybridized carbons (Fsp3) is 0.600. The molecule has 0 aromatic heterocycles. The van der Waals surface area contributed by atoms with Crippen LogP contribution in [0.5, 0.6) is 0 Å². The van der Waals surface area contributed by atoms with Gasteiger partial charge >= 0.3 is 6.18 Å². The average molecular weight is 416 g/mol. The van der Waals surface area contributed by atoms with Crippen molar-refractivity contribution in [2.75, 3.05) is 52.9 Å². The molecule has 1 atom stereocenters. The van der Waals surface area contributed by atoms with Gasteiger partial charge in [-0.1, -0.05) is 19.1 Å². The molecular weight excluding hydrogens is 385 g/mol. The van der Waals surface area contributed by atoms with Crippen LogP contribution in [0.25, 0.3) is 0 Å². The zero-order chi connectivity index (χ0) is 21.4. The maximum atomic E-state index is 12.6. The summed E-state index contributed by atoms with van der Waals surface area (Å²) >= 11 is 0. The Morgan fingerprint density at radius 3 is 2.34 bits per heavy atom. The fourth-order valence-corrected chi connectivity index (χ4v) is 3.40. The lowest BCUT2D eigenvalue weighted by Crippen LogP contribution is -3.16. The van der Waals surface area contributed by atoms with Gasteiger partial charge in [-0.05, 0) is 18.6 Å². The zero-order valence-electron chi connectivity index (χ0n) is 17.1. The summed E-state index contributed by atoms with van der Waals surface area (Å²) in [5, 5.41) is 2.87. The second-order valence-electron chi connectivity index (χ2n) is 7.66. The van der Waals surface area contributed by atoms with Gasteiger partial charge in [0.2, 0.25) is 0 Å². The minimum atomic E-state index is -4.34. The highest BCUT2D eigenvalue weighted by molar-refractivity contribution is 5.77. The molecule has 1 aromatic carbocycles. The SMILES string of the molecule is CCCNC(=O)C[NH+]1CCN(C(=O)C[NH+](C)Cc2ccc(C(F)(F)F)cc2)CC1. The number of halogens is 3. The third-order valence-corrected chi connectivity index (χ3v) is 5.05. The lowest BCUT2D eigenvalue weighted by atomic mass is 10.1. The highest BCUT2D eigenvalue weighted by Gasteiger charge is 2.30. The second kappa shape index (κ2) is 10.6. The van der Waals surface area contributed by atoms with Crippen LogP contribution in [0.3, 0.4) is 0 Å². The van der Waals surface area contributed by atoms with Crippen molar-refractivity contribution in [3.63, 3.8) is 0 Å². The smallest absolute Gasteiger partial charge is 0.351 e. The lowest BCUT2D eigenvalue weighted by molar-refractivity contribution is -0.897. The van der Waals surface area contributed by atoms with Gasteiger partial charge in [-0.15, -0.1) is 0 Å². The number of hydrogen-bond acceptors (Lipinski definition) is 2. The van der Waals surface area contributed by atoms with Gasteiger partial charge in [-0.25, -0.2) is 0 Å². The van der Waals surface area contributed by atoms with Crippen LogP contribution < -0.4 is 15.1 Å². The fourth-order valence-electron chi connectivity index (χ4n) is 3.40. The molecule has 0 spiro atoms. The first-order valence-electron chi connectivity index (χ1n) is 10.0. The molecule has 1 aromatic rings. The Balaban J connectivity index is 1.74. The van der Waals surface area contributed by atoms with Gasteiger partial charge in [0.15, 0.2) is 13.1 Å². The molecule has 29 heavy (non-hydrogen) atoms. The summed E-state index contributed by atoms with van der Waals surface area (Å²) in [6.45, 7) is 6.60. The molecule has 1 aliphatic heterocycles. The van der Waals surface area contributed by atoms with E-state index < -0.39 is 11.7 Å². The number of rotatable bonds is 8. The van der Waals surface area contributed by atoms with Crippen molar-refractivity contribution >= 4 is 11.8 Å². The van der Waals surface area contributed by atoms with E-state index in [0.717, 1.165) is 42.1 Å². The number of alkyl halides is 3.